The molecule has 1 unspecified atom stereocenters. The van der Waals surface area contributed by atoms with Crippen molar-refractivity contribution in [1.29, 1.82) is 0 Å². The second-order valence-electron chi connectivity index (χ2n) is 6.35. The highest BCUT2D eigenvalue weighted by atomic mass is 32.2. The van der Waals surface area contributed by atoms with Crippen LogP contribution in [0.25, 0.3) is 0 Å². The van der Waals surface area contributed by atoms with Crippen molar-refractivity contribution in [3.63, 3.8) is 0 Å². The minimum absolute atomic E-state index is 0.0878. The van der Waals surface area contributed by atoms with Crippen molar-refractivity contribution in [2.45, 2.75) is 26.8 Å². The summed E-state index contributed by atoms with van der Waals surface area (Å²) < 4.78 is 30.7. The zero-order chi connectivity index (χ0) is 19.3. The number of anilines is 1. The molecule has 0 saturated heterocycles. The number of hydrogen-bond donors (Lipinski definition) is 2. The van der Waals surface area contributed by atoms with Crippen molar-refractivity contribution in [3.05, 3.63) is 59.2 Å². The standard InChI is InChI=1S/C19H24N2O4S/c1-13-8-9-18(14(2)10-13)25-12-19(22)20-15(3)16-6-5-7-17(11-16)21-26(4,23)24/h5-11,15,21H,12H2,1-4H3,(H,20,22). The molecule has 0 aliphatic rings. The average Bonchev–Trinajstić information content (AvgIpc) is 2.52. The predicted octanol–water partition coefficient (Wildman–Crippen LogP) is 2.93. The number of ether oxygens (including phenoxy) is 1. The summed E-state index contributed by atoms with van der Waals surface area (Å²) >= 11 is 0. The molecule has 0 aromatic heterocycles. The number of nitrogens with one attached hydrogen (secondary N) is 2. The Labute approximate surface area is 154 Å². The summed E-state index contributed by atoms with van der Waals surface area (Å²) in [5.74, 6) is 0.428. The molecule has 26 heavy (non-hydrogen) atoms. The lowest BCUT2D eigenvalue weighted by molar-refractivity contribution is -0.123. The first-order valence-corrected chi connectivity index (χ1v) is 10.1. The minimum Gasteiger partial charge on any atom is -0.484 e. The Kier molecular flexibility index (Phi) is 6.26. The second kappa shape index (κ2) is 8.23. The summed E-state index contributed by atoms with van der Waals surface area (Å²) in [6, 6.07) is 12.4. The van der Waals surface area contributed by atoms with E-state index in [4.69, 9.17) is 4.74 Å². The van der Waals surface area contributed by atoms with Crippen LogP contribution in [0.15, 0.2) is 42.5 Å². The molecule has 2 rings (SSSR count). The van der Waals surface area contributed by atoms with Crippen molar-refractivity contribution < 1.29 is 17.9 Å². The van der Waals surface area contributed by atoms with Crippen LogP contribution in [0, 0.1) is 13.8 Å². The SMILES string of the molecule is Cc1ccc(OCC(=O)NC(C)c2cccc(NS(C)(=O)=O)c2)c(C)c1. The lowest BCUT2D eigenvalue weighted by atomic mass is 10.1. The topological polar surface area (TPSA) is 84.5 Å². The van der Waals surface area contributed by atoms with Gasteiger partial charge >= 0.3 is 0 Å². The third-order valence-corrected chi connectivity index (χ3v) is 4.36. The third kappa shape index (κ3) is 6.07. The number of carbonyl (C=O) groups is 1. The quantitative estimate of drug-likeness (QED) is 0.778. The molecular formula is C19H24N2O4S. The molecule has 0 aliphatic carbocycles. The Balaban J connectivity index is 1.95. The van der Waals surface area contributed by atoms with E-state index in [0.29, 0.717) is 11.4 Å². The highest BCUT2D eigenvalue weighted by Gasteiger charge is 2.12. The van der Waals surface area contributed by atoms with Crippen molar-refractivity contribution in [3.8, 4) is 5.75 Å². The van der Waals surface area contributed by atoms with Crippen LogP contribution >= 0.6 is 0 Å². The molecule has 0 fully saturated rings. The summed E-state index contributed by atoms with van der Waals surface area (Å²) in [4.78, 5) is 12.1. The van der Waals surface area contributed by atoms with Crippen molar-refractivity contribution in [1.82, 2.24) is 5.32 Å². The number of amides is 1. The Bertz CT molecular complexity index is 894. The zero-order valence-electron chi connectivity index (χ0n) is 15.4. The summed E-state index contributed by atoms with van der Waals surface area (Å²) in [6.45, 7) is 5.67. The van der Waals surface area contributed by atoms with Crippen LogP contribution in [0.4, 0.5) is 5.69 Å². The molecule has 0 bridgehead atoms. The zero-order valence-corrected chi connectivity index (χ0v) is 16.2. The van der Waals surface area contributed by atoms with E-state index in [1.165, 1.54) is 0 Å². The summed E-state index contributed by atoms with van der Waals surface area (Å²) in [7, 11) is -3.35. The van der Waals surface area contributed by atoms with Crippen LogP contribution in [0.5, 0.6) is 5.75 Å². The molecule has 0 radical (unpaired) electrons. The van der Waals surface area contributed by atoms with E-state index >= 15 is 0 Å². The first-order valence-electron chi connectivity index (χ1n) is 8.21. The van der Waals surface area contributed by atoms with E-state index in [1.54, 1.807) is 18.2 Å². The van der Waals surface area contributed by atoms with E-state index in [-0.39, 0.29) is 18.6 Å². The van der Waals surface area contributed by atoms with E-state index in [2.05, 4.69) is 10.0 Å². The molecule has 140 valence electrons. The number of aryl methyl sites for hydroxylation is 2. The fourth-order valence-corrected chi connectivity index (χ4v) is 3.11. The fourth-order valence-electron chi connectivity index (χ4n) is 2.56. The Morgan fingerprint density at radius 1 is 1.15 bits per heavy atom. The smallest absolute Gasteiger partial charge is 0.258 e. The van der Waals surface area contributed by atoms with Crippen molar-refractivity contribution in [2.75, 3.05) is 17.6 Å². The lowest BCUT2D eigenvalue weighted by Crippen LogP contribution is -2.31. The van der Waals surface area contributed by atoms with Gasteiger partial charge in [-0.05, 0) is 50.1 Å². The number of benzene rings is 2. The predicted molar refractivity (Wildman–Crippen MR) is 103 cm³/mol. The fraction of sp³-hybridized carbons (Fsp3) is 0.316. The van der Waals surface area contributed by atoms with E-state index < -0.39 is 10.0 Å². The molecule has 0 spiro atoms. The Hall–Kier alpha value is -2.54. The van der Waals surface area contributed by atoms with Crippen LogP contribution in [0.2, 0.25) is 0 Å². The van der Waals surface area contributed by atoms with Gasteiger partial charge in [0, 0.05) is 5.69 Å². The van der Waals surface area contributed by atoms with Crippen LogP contribution in [0.1, 0.15) is 29.7 Å². The Morgan fingerprint density at radius 2 is 1.88 bits per heavy atom. The molecular weight excluding hydrogens is 352 g/mol. The van der Waals surface area contributed by atoms with Crippen LogP contribution in [-0.2, 0) is 14.8 Å². The first-order chi connectivity index (χ1) is 12.1. The van der Waals surface area contributed by atoms with Crippen molar-refractivity contribution in [2.24, 2.45) is 0 Å². The van der Waals surface area contributed by atoms with Gasteiger partial charge in [-0.3, -0.25) is 9.52 Å². The van der Waals surface area contributed by atoms with Gasteiger partial charge < -0.3 is 10.1 Å². The molecule has 2 N–H and O–H groups in total. The van der Waals surface area contributed by atoms with Crippen LogP contribution in [-0.4, -0.2) is 27.2 Å². The summed E-state index contributed by atoms with van der Waals surface area (Å²) in [6.07, 6.45) is 1.09. The Morgan fingerprint density at radius 3 is 2.54 bits per heavy atom. The van der Waals surface area contributed by atoms with Gasteiger partial charge in [-0.15, -0.1) is 0 Å². The number of sulfonamides is 1. The van der Waals surface area contributed by atoms with Crippen LogP contribution < -0.4 is 14.8 Å². The van der Waals surface area contributed by atoms with Gasteiger partial charge in [0.15, 0.2) is 6.61 Å². The summed E-state index contributed by atoms with van der Waals surface area (Å²) in [5, 5.41) is 2.85. The van der Waals surface area contributed by atoms with Gasteiger partial charge in [-0.1, -0.05) is 29.8 Å². The molecule has 1 atom stereocenters. The van der Waals surface area contributed by atoms with E-state index in [9.17, 15) is 13.2 Å². The average molecular weight is 376 g/mol. The van der Waals surface area contributed by atoms with Crippen LogP contribution in [0.3, 0.4) is 0 Å². The molecule has 2 aromatic rings. The number of hydrogen-bond acceptors (Lipinski definition) is 4. The molecule has 0 saturated carbocycles. The van der Waals surface area contributed by atoms with Gasteiger partial charge in [-0.2, -0.15) is 0 Å². The molecule has 7 heteroatoms. The van der Waals surface area contributed by atoms with Gasteiger partial charge in [0.25, 0.3) is 5.91 Å². The monoisotopic (exact) mass is 376 g/mol. The first kappa shape index (κ1) is 19.8. The van der Waals surface area contributed by atoms with E-state index in [0.717, 1.165) is 22.9 Å². The van der Waals surface area contributed by atoms with Crippen molar-refractivity contribution >= 4 is 21.6 Å². The highest BCUT2D eigenvalue weighted by molar-refractivity contribution is 7.92. The molecule has 1 amide bonds. The highest BCUT2D eigenvalue weighted by Crippen LogP contribution is 2.20. The number of rotatable bonds is 7. The maximum Gasteiger partial charge on any atom is 0.258 e. The normalized spacial score (nSPS) is 12.3. The molecule has 2 aromatic carbocycles. The van der Waals surface area contributed by atoms with E-state index in [1.807, 2.05) is 45.0 Å². The third-order valence-electron chi connectivity index (χ3n) is 3.76. The second-order valence-corrected chi connectivity index (χ2v) is 8.09. The number of carbonyl (C=O) groups excluding carboxylic acids is 1. The van der Waals surface area contributed by atoms with Gasteiger partial charge in [0.1, 0.15) is 5.75 Å². The molecule has 0 heterocycles. The largest absolute Gasteiger partial charge is 0.484 e. The maximum absolute atomic E-state index is 12.1. The molecule has 0 aliphatic heterocycles. The van der Waals surface area contributed by atoms with Gasteiger partial charge in [0.05, 0.1) is 12.3 Å². The van der Waals surface area contributed by atoms with Gasteiger partial charge in [-0.25, -0.2) is 8.42 Å². The molecule has 6 nitrogen and oxygen atoms in total. The lowest BCUT2D eigenvalue weighted by Gasteiger charge is -2.16. The summed E-state index contributed by atoms with van der Waals surface area (Å²) in [5.41, 5.74) is 3.36. The van der Waals surface area contributed by atoms with Gasteiger partial charge in [0.2, 0.25) is 10.0 Å². The maximum atomic E-state index is 12.1. The minimum atomic E-state index is -3.35.